The lowest BCUT2D eigenvalue weighted by atomic mass is 10.2. The molecule has 0 bridgehead atoms. The van der Waals surface area contributed by atoms with Gasteiger partial charge in [-0.2, -0.15) is 0 Å². The molecule has 5 nitrogen and oxygen atoms in total. The van der Waals surface area contributed by atoms with Crippen LogP contribution in [0.1, 0.15) is 24.7 Å². The number of hydrogen-bond donors (Lipinski definition) is 2. The van der Waals surface area contributed by atoms with Gasteiger partial charge in [0.2, 0.25) is 5.95 Å². The van der Waals surface area contributed by atoms with Gasteiger partial charge in [-0.1, -0.05) is 12.2 Å². The molecule has 0 aliphatic rings. The maximum atomic E-state index is 5.56. The van der Waals surface area contributed by atoms with E-state index in [1.54, 1.807) is 13.2 Å². The summed E-state index contributed by atoms with van der Waals surface area (Å²) in [5.74, 6) is 0.552. The molecule has 0 radical (unpaired) electrons. The SMILES string of the molecule is COCCC(C)Nc1nc(C)cc(C(N)=S)n1. The average molecular weight is 254 g/mol. The van der Waals surface area contributed by atoms with Crippen LogP contribution in [0.3, 0.4) is 0 Å². The minimum Gasteiger partial charge on any atom is -0.388 e. The number of rotatable bonds is 6. The lowest BCUT2D eigenvalue weighted by Crippen LogP contribution is -2.21. The number of methoxy groups -OCH3 is 1. The van der Waals surface area contributed by atoms with E-state index in [0.29, 0.717) is 18.2 Å². The normalized spacial score (nSPS) is 12.2. The topological polar surface area (TPSA) is 73.1 Å². The van der Waals surface area contributed by atoms with Crippen LogP contribution in [0.4, 0.5) is 5.95 Å². The second kappa shape index (κ2) is 6.46. The number of nitrogens with two attached hydrogens (primary N) is 1. The molecule has 0 aliphatic heterocycles. The predicted molar refractivity (Wildman–Crippen MR) is 72.2 cm³/mol. The Bertz CT molecular complexity index is 397. The van der Waals surface area contributed by atoms with Crippen LogP contribution >= 0.6 is 12.2 Å². The Kier molecular flexibility index (Phi) is 5.24. The van der Waals surface area contributed by atoms with Crippen LogP contribution in [0, 0.1) is 6.92 Å². The first kappa shape index (κ1) is 13.8. The molecule has 6 heteroatoms. The number of thiocarbonyl (C=S) groups is 1. The highest BCUT2D eigenvalue weighted by molar-refractivity contribution is 7.80. The molecule has 0 saturated heterocycles. The van der Waals surface area contributed by atoms with E-state index in [9.17, 15) is 0 Å². The van der Waals surface area contributed by atoms with Crippen molar-refractivity contribution < 1.29 is 4.74 Å². The third-order valence-corrected chi connectivity index (χ3v) is 2.45. The highest BCUT2D eigenvalue weighted by Crippen LogP contribution is 2.07. The molecule has 0 spiro atoms. The van der Waals surface area contributed by atoms with Crippen molar-refractivity contribution >= 4 is 23.2 Å². The number of aromatic nitrogens is 2. The van der Waals surface area contributed by atoms with Gasteiger partial charge >= 0.3 is 0 Å². The van der Waals surface area contributed by atoms with Crippen molar-refractivity contribution in [3.63, 3.8) is 0 Å². The van der Waals surface area contributed by atoms with E-state index >= 15 is 0 Å². The Hall–Kier alpha value is -1.27. The second-order valence-electron chi connectivity index (χ2n) is 3.91. The number of hydrogen-bond acceptors (Lipinski definition) is 5. The van der Waals surface area contributed by atoms with Gasteiger partial charge in [-0.05, 0) is 26.3 Å². The zero-order valence-electron chi connectivity index (χ0n) is 10.4. The Morgan fingerprint density at radius 3 is 2.88 bits per heavy atom. The van der Waals surface area contributed by atoms with Crippen LogP contribution in [0.25, 0.3) is 0 Å². The molecule has 1 aromatic rings. The molecule has 0 saturated carbocycles. The molecule has 94 valence electrons. The molecule has 1 rings (SSSR count). The highest BCUT2D eigenvalue weighted by atomic mass is 32.1. The molecule has 3 N–H and O–H groups in total. The minimum atomic E-state index is 0.232. The lowest BCUT2D eigenvalue weighted by Gasteiger charge is -2.14. The summed E-state index contributed by atoms with van der Waals surface area (Å²) in [7, 11) is 1.68. The summed E-state index contributed by atoms with van der Waals surface area (Å²) >= 11 is 4.90. The Labute approximate surface area is 107 Å². The molecule has 1 heterocycles. The fourth-order valence-corrected chi connectivity index (χ4v) is 1.45. The first-order valence-electron chi connectivity index (χ1n) is 5.44. The number of nitrogens with zero attached hydrogens (tertiary/aromatic N) is 2. The summed E-state index contributed by atoms with van der Waals surface area (Å²) in [6.45, 7) is 4.63. The van der Waals surface area contributed by atoms with Gasteiger partial charge in [0.25, 0.3) is 0 Å². The van der Waals surface area contributed by atoms with Gasteiger partial charge in [-0.15, -0.1) is 0 Å². The molecule has 0 fully saturated rings. The first-order chi connectivity index (χ1) is 8.02. The van der Waals surface area contributed by atoms with Crippen molar-refractivity contribution in [2.75, 3.05) is 19.0 Å². The summed E-state index contributed by atoms with van der Waals surface area (Å²) in [6.07, 6.45) is 0.885. The fraction of sp³-hybridized carbons (Fsp3) is 0.545. The van der Waals surface area contributed by atoms with Crippen molar-refractivity contribution in [3.8, 4) is 0 Å². The van der Waals surface area contributed by atoms with Crippen molar-refractivity contribution in [1.82, 2.24) is 9.97 Å². The van der Waals surface area contributed by atoms with Crippen LogP contribution in [0.2, 0.25) is 0 Å². The van der Waals surface area contributed by atoms with Crippen LogP contribution in [-0.4, -0.2) is 34.7 Å². The summed E-state index contributed by atoms with van der Waals surface area (Å²) < 4.78 is 5.01. The third kappa shape index (κ3) is 4.62. The maximum Gasteiger partial charge on any atom is 0.223 e. The van der Waals surface area contributed by atoms with Crippen LogP contribution in [-0.2, 0) is 4.74 Å². The highest BCUT2D eigenvalue weighted by Gasteiger charge is 2.07. The molecule has 1 aromatic heterocycles. The van der Waals surface area contributed by atoms with Gasteiger partial charge < -0.3 is 15.8 Å². The number of anilines is 1. The number of nitrogens with one attached hydrogen (secondary N) is 1. The van der Waals surface area contributed by atoms with Crippen molar-refractivity contribution in [1.29, 1.82) is 0 Å². The molecule has 0 aliphatic carbocycles. The smallest absolute Gasteiger partial charge is 0.223 e. The summed E-state index contributed by atoms with van der Waals surface area (Å²) in [5, 5.41) is 3.20. The van der Waals surface area contributed by atoms with Crippen LogP contribution in [0.15, 0.2) is 6.07 Å². The van der Waals surface area contributed by atoms with E-state index in [0.717, 1.165) is 12.1 Å². The zero-order chi connectivity index (χ0) is 12.8. The standard InChI is InChI=1S/C11H18N4OS/c1-7(4-5-16-3)13-11-14-8(2)6-9(15-11)10(12)17/h6-7H,4-5H2,1-3H3,(H2,12,17)(H,13,14,15). The van der Waals surface area contributed by atoms with E-state index in [-0.39, 0.29) is 11.0 Å². The number of aryl methyl sites for hydroxylation is 1. The third-order valence-electron chi connectivity index (χ3n) is 2.24. The Morgan fingerprint density at radius 1 is 1.59 bits per heavy atom. The quantitative estimate of drug-likeness (QED) is 0.745. The number of ether oxygens (including phenoxy) is 1. The van der Waals surface area contributed by atoms with Gasteiger partial charge in [-0.3, -0.25) is 0 Å². The van der Waals surface area contributed by atoms with E-state index in [1.807, 2.05) is 13.8 Å². The first-order valence-corrected chi connectivity index (χ1v) is 5.84. The average Bonchev–Trinajstić information content (AvgIpc) is 2.25. The Balaban J connectivity index is 2.73. The monoisotopic (exact) mass is 254 g/mol. The lowest BCUT2D eigenvalue weighted by molar-refractivity contribution is 0.191. The van der Waals surface area contributed by atoms with E-state index in [2.05, 4.69) is 15.3 Å². The molecule has 1 unspecified atom stereocenters. The van der Waals surface area contributed by atoms with Crippen molar-refractivity contribution in [2.24, 2.45) is 5.73 Å². The largest absolute Gasteiger partial charge is 0.388 e. The molecule has 0 amide bonds. The maximum absolute atomic E-state index is 5.56. The molecular formula is C11H18N4OS. The summed E-state index contributed by atoms with van der Waals surface area (Å²) in [4.78, 5) is 8.82. The van der Waals surface area contributed by atoms with E-state index in [1.165, 1.54) is 0 Å². The summed E-state index contributed by atoms with van der Waals surface area (Å²) in [5.41, 5.74) is 6.98. The van der Waals surface area contributed by atoms with Crippen LogP contribution < -0.4 is 11.1 Å². The summed E-state index contributed by atoms with van der Waals surface area (Å²) in [6, 6.07) is 2.00. The minimum absolute atomic E-state index is 0.232. The van der Waals surface area contributed by atoms with Crippen LogP contribution in [0.5, 0.6) is 0 Å². The zero-order valence-corrected chi connectivity index (χ0v) is 11.2. The molecule has 1 atom stereocenters. The molecular weight excluding hydrogens is 236 g/mol. The van der Waals surface area contributed by atoms with Gasteiger partial charge in [0.05, 0.1) is 0 Å². The van der Waals surface area contributed by atoms with Gasteiger partial charge in [0.15, 0.2) is 0 Å². The van der Waals surface area contributed by atoms with E-state index < -0.39 is 0 Å². The van der Waals surface area contributed by atoms with Gasteiger partial charge in [0.1, 0.15) is 10.7 Å². The second-order valence-corrected chi connectivity index (χ2v) is 4.35. The molecule has 17 heavy (non-hydrogen) atoms. The van der Waals surface area contributed by atoms with E-state index in [4.69, 9.17) is 22.7 Å². The van der Waals surface area contributed by atoms with Crippen molar-refractivity contribution in [3.05, 3.63) is 17.5 Å². The van der Waals surface area contributed by atoms with Gasteiger partial charge in [0, 0.05) is 25.5 Å². The van der Waals surface area contributed by atoms with Gasteiger partial charge in [-0.25, -0.2) is 9.97 Å². The predicted octanol–water partition coefficient (Wildman–Crippen LogP) is 1.26. The molecule has 0 aromatic carbocycles. The fourth-order valence-electron chi connectivity index (χ4n) is 1.35. The van der Waals surface area contributed by atoms with Crippen molar-refractivity contribution in [2.45, 2.75) is 26.3 Å². The Morgan fingerprint density at radius 2 is 2.29 bits per heavy atom.